The zero-order valence-electron chi connectivity index (χ0n) is 11.8. The number of hydrogen-bond acceptors (Lipinski definition) is 4. The van der Waals surface area contributed by atoms with Gasteiger partial charge in [-0.1, -0.05) is 13.8 Å². The molecule has 2 unspecified atom stereocenters. The topological polar surface area (TPSA) is 52.6 Å². The Morgan fingerprint density at radius 1 is 0.950 bits per heavy atom. The molecule has 0 saturated carbocycles. The maximum atomic E-state index is 12.1. The molecular weight excluding hydrogens is 303 g/mol. The molecule has 0 bridgehead atoms. The molecule has 0 spiro atoms. The van der Waals surface area contributed by atoms with Gasteiger partial charge in [0.25, 0.3) is 0 Å². The summed E-state index contributed by atoms with van der Waals surface area (Å²) in [6, 6.07) is 0. The second-order valence-electron chi connectivity index (χ2n) is 4.61. The molecule has 0 fully saturated rings. The first-order valence-electron chi connectivity index (χ1n) is 6.89. The van der Waals surface area contributed by atoms with Crippen molar-refractivity contribution in [3.8, 4) is 0 Å². The predicted molar refractivity (Wildman–Crippen MR) is 78.0 cm³/mol. The maximum absolute atomic E-state index is 12.1. The molecule has 0 aliphatic heterocycles. The summed E-state index contributed by atoms with van der Waals surface area (Å²) in [5, 5.41) is -1.11. The Kier molecular flexibility index (Phi) is 7.38. The first-order valence-corrected chi connectivity index (χ1v) is 7.76. The van der Waals surface area contributed by atoms with Crippen molar-refractivity contribution in [3.63, 3.8) is 0 Å². The van der Waals surface area contributed by atoms with E-state index in [-0.39, 0.29) is 24.4 Å². The summed E-state index contributed by atoms with van der Waals surface area (Å²) in [4.78, 5) is 24.1. The van der Waals surface area contributed by atoms with E-state index in [9.17, 15) is 9.59 Å². The van der Waals surface area contributed by atoms with Crippen LogP contribution in [-0.2, 0) is 19.1 Å². The van der Waals surface area contributed by atoms with Crippen LogP contribution in [0.2, 0.25) is 0 Å². The number of halogens is 2. The lowest BCUT2D eigenvalue weighted by molar-refractivity contribution is -0.142. The quantitative estimate of drug-likeness (QED) is 0.556. The zero-order valence-corrected chi connectivity index (χ0v) is 13.3. The van der Waals surface area contributed by atoms with E-state index < -0.39 is 22.7 Å². The van der Waals surface area contributed by atoms with E-state index in [1.807, 2.05) is 13.8 Å². The van der Waals surface area contributed by atoms with E-state index in [0.29, 0.717) is 25.7 Å². The van der Waals surface area contributed by atoms with Crippen LogP contribution < -0.4 is 0 Å². The van der Waals surface area contributed by atoms with Crippen molar-refractivity contribution in [2.75, 3.05) is 13.2 Å². The summed E-state index contributed by atoms with van der Waals surface area (Å²) >= 11 is 12.3. The number of hydrogen-bond donors (Lipinski definition) is 0. The summed E-state index contributed by atoms with van der Waals surface area (Å²) < 4.78 is 10.2. The highest BCUT2D eigenvalue weighted by Gasteiger charge is 2.37. The minimum absolute atomic E-state index is 0.160. The predicted octanol–water partition coefficient (Wildman–Crippen LogP) is 3.20. The maximum Gasteiger partial charge on any atom is 0.336 e. The Labute approximate surface area is 129 Å². The Balaban J connectivity index is 3.03. The molecule has 0 heterocycles. The molecule has 0 aromatic carbocycles. The van der Waals surface area contributed by atoms with Gasteiger partial charge < -0.3 is 9.47 Å². The molecule has 0 aromatic heterocycles. The fraction of sp³-hybridized carbons (Fsp3) is 0.714. The van der Waals surface area contributed by atoms with Crippen LogP contribution in [0.15, 0.2) is 11.1 Å². The standard InChI is InChI=1S/C14H20Cl2O4/c1-3-7-19-13(17)11-9(15)5-6-10(16)12(11)14(18)20-8-4-2/h9-10H,3-8H2,1-2H3. The van der Waals surface area contributed by atoms with Crippen LogP contribution in [0.25, 0.3) is 0 Å². The molecule has 0 saturated heterocycles. The third-order valence-corrected chi connectivity index (χ3v) is 3.78. The fourth-order valence-corrected chi connectivity index (χ4v) is 2.60. The monoisotopic (exact) mass is 322 g/mol. The molecule has 4 nitrogen and oxygen atoms in total. The largest absolute Gasteiger partial charge is 0.462 e. The van der Waals surface area contributed by atoms with E-state index in [1.54, 1.807) is 0 Å². The molecule has 2 atom stereocenters. The van der Waals surface area contributed by atoms with Gasteiger partial charge in [0, 0.05) is 0 Å². The van der Waals surface area contributed by atoms with E-state index >= 15 is 0 Å². The number of rotatable bonds is 6. The van der Waals surface area contributed by atoms with Gasteiger partial charge in [-0.25, -0.2) is 9.59 Å². The Bertz CT molecular complexity index is 357. The molecule has 0 aromatic rings. The van der Waals surface area contributed by atoms with Crippen molar-refractivity contribution in [2.45, 2.75) is 50.3 Å². The highest BCUT2D eigenvalue weighted by atomic mass is 35.5. The third kappa shape index (κ3) is 4.38. The van der Waals surface area contributed by atoms with Crippen LogP contribution in [0.1, 0.15) is 39.5 Å². The van der Waals surface area contributed by atoms with Gasteiger partial charge in [-0.15, -0.1) is 23.2 Å². The summed E-state index contributed by atoms with van der Waals surface area (Å²) in [6.07, 6.45) is 2.48. The molecule has 20 heavy (non-hydrogen) atoms. The number of ether oxygens (including phenoxy) is 2. The number of carbonyl (C=O) groups is 2. The van der Waals surface area contributed by atoms with Crippen molar-refractivity contribution in [1.29, 1.82) is 0 Å². The van der Waals surface area contributed by atoms with E-state index in [4.69, 9.17) is 32.7 Å². The summed E-state index contributed by atoms with van der Waals surface area (Å²) in [6.45, 7) is 4.36. The first kappa shape index (κ1) is 17.3. The average molecular weight is 323 g/mol. The van der Waals surface area contributed by atoms with Gasteiger partial charge in [0.05, 0.1) is 35.1 Å². The van der Waals surface area contributed by atoms with Crippen LogP contribution in [0.4, 0.5) is 0 Å². The van der Waals surface area contributed by atoms with Crippen LogP contribution in [0.3, 0.4) is 0 Å². The lowest BCUT2D eigenvalue weighted by atomic mass is 9.90. The zero-order chi connectivity index (χ0) is 15.1. The van der Waals surface area contributed by atoms with Crippen LogP contribution in [0, 0.1) is 0 Å². The molecular formula is C14H20Cl2O4. The smallest absolute Gasteiger partial charge is 0.336 e. The average Bonchev–Trinajstić information content (AvgIpc) is 2.44. The SMILES string of the molecule is CCCOC(=O)C1=C(C(=O)OCCC)C(Cl)CCC1Cl. The highest BCUT2D eigenvalue weighted by Crippen LogP contribution is 2.34. The van der Waals surface area contributed by atoms with Gasteiger partial charge in [-0.05, 0) is 25.7 Å². The molecule has 0 radical (unpaired) electrons. The lowest BCUT2D eigenvalue weighted by Gasteiger charge is -2.25. The van der Waals surface area contributed by atoms with Crippen LogP contribution in [-0.4, -0.2) is 35.9 Å². The van der Waals surface area contributed by atoms with Crippen LogP contribution >= 0.6 is 23.2 Å². The van der Waals surface area contributed by atoms with Crippen LogP contribution in [0.5, 0.6) is 0 Å². The number of esters is 2. The van der Waals surface area contributed by atoms with Crippen molar-refractivity contribution in [2.24, 2.45) is 0 Å². The summed E-state index contributed by atoms with van der Waals surface area (Å²) in [7, 11) is 0. The molecule has 1 rings (SSSR count). The summed E-state index contributed by atoms with van der Waals surface area (Å²) in [5.74, 6) is -1.14. The normalized spacial score (nSPS) is 22.6. The summed E-state index contributed by atoms with van der Waals surface area (Å²) in [5.41, 5.74) is 0.319. The van der Waals surface area contributed by atoms with Crippen molar-refractivity contribution in [3.05, 3.63) is 11.1 Å². The highest BCUT2D eigenvalue weighted by molar-refractivity contribution is 6.30. The lowest BCUT2D eigenvalue weighted by Crippen LogP contribution is -2.31. The van der Waals surface area contributed by atoms with E-state index in [1.165, 1.54) is 0 Å². The molecule has 114 valence electrons. The Morgan fingerprint density at radius 3 is 1.60 bits per heavy atom. The van der Waals surface area contributed by atoms with Gasteiger partial charge in [0.2, 0.25) is 0 Å². The van der Waals surface area contributed by atoms with Crippen molar-refractivity contribution < 1.29 is 19.1 Å². The molecule has 0 N–H and O–H groups in total. The van der Waals surface area contributed by atoms with Gasteiger partial charge in [-0.2, -0.15) is 0 Å². The van der Waals surface area contributed by atoms with E-state index in [0.717, 1.165) is 0 Å². The fourth-order valence-electron chi connectivity index (χ4n) is 1.94. The van der Waals surface area contributed by atoms with E-state index in [2.05, 4.69) is 0 Å². The van der Waals surface area contributed by atoms with Crippen molar-refractivity contribution in [1.82, 2.24) is 0 Å². The second kappa shape index (κ2) is 8.53. The molecule has 1 aliphatic carbocycles. The first-order chi connectivity index (χ1) is 9.52. The third-order valence-electron chi connectivity index (χ3n) is 2.90. The number of carbonyl (C=O) groups excluding carboxylic acids is 2. The Morgan fingerprint density at radius 2 is 1.30 bits per heavy atom. The number of alkyl halides is 2. The molecule has 1 aliphatic rings. The second-order valence-corrected chi connectivity index (χ2v) is 5.67. The Hall–Kier alpha value is -0.740. The van der Waals surface area contributed by atoms with Gasteiger partial charge >= 0.3 is 11.9 Å². The minimum atomic E-state index is -0.569. The molecule has 0 amide bonds. The van der Waals surface area contributed by atoms with Gasteiger partial charge in [-0.3, -0.25) is 0 Å². The minimum Gasteiger partial charge on any atom is -0.462 e. The van der Waals surface area contributed by atoms with Gasteiger partial charge in [0.1, 0.15) is 0 Å². The molecule has 6 heteroatoms. The van der Waals surface area contributed by atoms with Crippen molar-refractivity contribution >= 4 is 35.1 Å². The van der Waals surface area contributed by atoms with Gasteiger partial charge in [0.15, 0.2) is 0 Å².